The highest BCUT2D eigenvalue weighted by molar-refractivity contribution is 6.31. The number of hydrogen-bond acceptors (Lipinski definition) is 3. The van der Waals surface area contributed by atoms with Gasteiger partial charge in [0.2, 0.25) is 5.88 Å². The SMILES string of the molecule is COc1ncc(C=CCCN)cc1Cl. The van der Waals surface area contributed by atoms with Crippen LogP contribution in [0.2, 0.25) is 5.02 Å². The van der Waals surface area contributed by atoms with E-state index in [4.69, 9.17) is 22.1 Å². The van der Waals surface area contributed by atoms with Gasteiger partial charge in [0.15, 0.2) is 0 Å². The lowest BCUT2D eigenvalue weighted by molar-refractivity contribution is 0.398. The molecule has 0 aliphatic heterocycles. The van der Waals surface area contributed by atoms with E-state index >= 15 is 0 Å². The van der Waals surface area contributed by atoms with Crippen molar-refractivity contribution < 1.29 is 4.74 Å². The fraction of sp³-hybridized carbons (Fsp3) is 0.300. The Morgan fingerprint density at radius 1 is 1.64 bits per heavy atom. The maximum atomic E-state index is 5.90. The topological polar surface area (TPSA) is 48.1 Å². The molecule has 0 amide bonds. The molecule has 0 saturated heterocycles. The molecule has 0 aromatic carbocycles. The van der Waals surface area contributed by atoms with Gasteiger partial charge < -0.3 is 10.5 Å². The van der Waals surface area contributed by atoms with Crippen molar-refractivity contribution in [3.8, 4) is 5.88 Å². The van der Waals surface area contributed by atoms with Gasteiger partial charge in [0.25, 0.3) is 0 Å². The molecule has 2 N–H and O–H groups in total. The molecule has 0 unspecified atom stereocenters. The van der Waals surface area contributed by atoms with Gasteiger partial charge >= 0.3 is 0 Å². The van der Waals surface area contributed by atoms with E-state index in [-0.39, 0.29) is 0 Å². The largest absolute Gasteiger partial charge is 0.480 e. The maximum Gasteiger partial charge on any atom is 0.232 e. The molecule has 1 aromatic heterocycles. The summed E-state index contributed by atoms with van der Waals surface area (Å²) in [4.78, 5) is 4.04. The Bertz CT molecular complexity index is 326. The summed E-state index contributed by atoms with van der Waals surface area (Å²) < 4.78 is 4.94. The van der Waals surface area contributed by atoms with Gasteiger partial charge in [0.05, 0.1) is 7.11 Å². The Hall–Kier alpha value is -1.06. The van der Waals surface area contributed by atoms with Gasteiger partial charge in [-0.1, -0.05) is 23.8 Å². The van der Waals surface area contributed by atoms with Crippen molar-refractivity contribution in [1.29, 1.82) is 0 Å². The van der Waals surface area contributed by atoms with E-state index < -0.39 is 0 Å². The van der Waals surface area contributed by atoms with Gasteiger partial charge in [-0.05, 0) is 24.6 Å². The van der Waals surface area contributed by atoms with Crippen molar-refractivity contribution in [2.45, 2.75) is 6.42 Å². The lowest BCUT2D eigenvalue weighted by atomic mass is 10.2. The number of pyridine rings is 1. The van der Waals surface area contributed by atoms with Crippen molar-refractivity contribution in [3.05, 3.63) is 28.9 Å². The van der Waals surface area contributed by atoms with E-state index in [1.807, 2.05) is 12.2 Å². The summed E-state index contributed by atoms with van der Waals surface area (Å²) in [5.74, 6) is 0.447. The van der Waals surface area contributed by atoms with Gasteiger partial charge in [0.1, 0.15) is 5.02 Å². The predicted octanol–water partition coefficient (Wildman–Crippen LogP) is 2.11. The fourth-order valence-electron chi connectivity index (χ4n) is 0.997. The van der Waals surface area contributed by atoms with Crippen molar-refractivity contribution in [2.24, 2.45) is 5.73 Å². The van der Waals surface area contributed by atoms with Crippen LogP contribution in [0.15, 0.2) is 18.3 Å². The normalized spacial score (nSPS) is 10.8. The number of nitrogens with two attached hydrogens (primary N) is 1. The van der Waals surface area contributed by atoms with E-state index in [9.17, 15) is 0 Å². The third-order valence-electron chi connectivity index (χ3n) is 1.67. The maximum absolute atomic E-state index is 5.90. The summed E-state index contributed by atoms with van der Waals surface area (Å²) in [5.41, 5.74) is 6.30. The molecule has 0 fully saturated rings. The van der Waals surface area contributed by atoms with Gasteiger partial charge in [-0.2, -0.15) is 0 Å². The number of hydrogen-bond donors (Lipinski definition) is 1. The van der Waals surface area contributed by atoms with Crippen LogP contribution in [0.25, 0.3) is 6.08 Å². The first-order chi connectivity index (χ1) is 6.77. The lowest BCUT2D eigenvalue weighted by Crippen LogP contribution is -1.95. The van der Waals surface area contributed by atoms with E-state index in [1.54, 1.807) is 12.3 Å². The molecule has 14 heavy (non-hydrogen) atoms. The first kappa shape index (κ1) is 11.0. The Labute approximate surface area is 88.5 Å². The number of aromatic nitrogens is 1. The van der Waals surface area contributed by atoms with Crippen molar-refractivity contribution in [2.75, 3.05) is 13.7 Å². The van der Waals surface area contributed by atoms with Crippen LogP contribution in [0, 0.1) is 0 Å². The van der Waals surface area contributed by atoms with Crippen LogP contribution >= 0.6 is 11.6 Å². The number of methoxy groups -OCH3 is 1. The Balaban J connectivity index is 2.76. The van der Waals surface area contributed by atoms with Crippen LogP contribution in [-0.2, 0) is 0 Å². The molecule has 0 aliphatic carbocycles. The Kier molecular flexibility index (Phi) is 4.43. The predicted molar refractivity (Wildman–Crippen MR) is 58.5 cm³/mol. The van der Waals surface area contributed by atoms with E-state index in [0.29, 0.717) is 17.4 Å². The fourth-order valence-corrected chi connectivity index (χ4v) is 1.25. The van der Waals surface area contributed by atoms with Crippen LogP contribution in [0.1, 0.15) is 12.0 Å². The molecule has 3 nitrogen and oxygen atoms in total. The molecule has 0 saturated carbocycles. The third-order valence-corrected chi connectivity index (χ3v) is 1.94. The van der Waals surface area contributed by atoms with E-state index in [0.717, 1.165) is 12.0 Å². The van der Waals surface area contributed by atoms with Crippen molar-refractivity contribution in [3.63, 3.8) is 0 Å². The van der Waals surface area contributed by atoms with Crippen LogP contribution in [0.3, 0.4) is 0 Å². The first-order valence-electron chi connectivity index (χ1n) is 4.34. The Morgan fingerprint density at radius 3 is 3.00 bits per heavy atom. The van der Waals surface area contributed by atoms with Crippen LogP contribution in [0.4, 0.5) is 0 Å². The standard InChI is InChI=1S/C10H13ClN2O/c1-14-10-9(11)6-8(7-13-10)4-2-3-5-12/h2,4,6-7H,3,5,12H2,1H3. The quantitative estimate of drug-likeness (QED) is 0.832. The zero-order chi connectivity index (χ0) is 10.4. The lowest BCUT2D eigenvalue weighted by Gasteiger charge is -2.01. The number of halogens is 1. The summed E-state index contributed by atoms with van der Waals surface area (Å²) in [6.45, 7) is 0.647. The van der Waals surface area contributed by atoms with Crippen LogP contribution in [-0.4, -0.2) is 18.6 Å². The van der Waals surface area contributed by atoms with Gasteiger partial charge in [-0.15, -0.1) is 0 Å². The summed E-state index contributed by atoms with van der Waals surface area (Å²) in [5, 5.41) is 0.516. The highest BCUT2D eigenvalue weighted by atomic mass is 35.5. The van der Waals surface area contributed by atoms with Crippen LogP contribution in [0.5, 0.6) is 5.88 Å². The molecular formula is C10H13ClN2O. The van der Waals surface area contributed by atoms with Crippen molar-refractivity contribution in [1.82, 2.24) is 4.98 Å². The first-order valence-corrected chi connectivity index (χ1v) is 4.72. The molecule has 0 spiro atoms. The minimum absolute atomic E-state index is 0.447. The van der Waals surface area contributed by atoms with Crippen LogP contribution < -0.4 is 10.5 Å². The second kappa shape index (κ2) is 5.62. The number of ether oxygens (including phenoxy) is 1. The second-order valence-corrected chi connectivity index (χ2v) is 3.15. The zero-order valence-corrected chi connectivity index (χ0v) is 8.79. The molecular weight excluding hydrogens is 200 g/mol. The molecule has 1 heterocycles. The monoisotopic (exact) mass is 212 g/mol. The van der Waals surface area contributed by atoms with Gasteiger partial charge in [0, 0.05) is 6.20 Å². The highest BCUT2D eigenvalue weighted by Gasteiger charge is 2.00. The molecule has 76 valence electrons. The summed E-state index contributed by atoms with van der Waals surface area (Å²) in [6.07, 6.45) is 6.48. The molecule has 1 aromatic rings. The minimum Gasteiger partial charge on any atom is -0.480 e. The molecule has 0 bridgehead atoms. The Morgan fingerprint density at radius 2 is 2.43 bits per heavy atom. The summed E-state index contributed by atoms with van der Waals surface area (Å²) in [7, 11) is 1.54. The average molecular weight is 213 g/mol. The van der Waals surface area contributed by atoms with E-state index in [1.165, 1.54) is 7.11 Å². The number of rotatable bonds is 4. The molecule has 0 atom stereocenters. The second-order valence-electron chi connectivity index (χ2n) is 2.74. The molecule has 1 rings (SSSR count). The zero-order valence-electron chi connectivity index (χ0n) is 8.03. The number of nitrogens with zero attached hydrogens (tertiary/aromatic N) is 1. The smallest absolute Gasteiger partial charge is 0.232 e. The molecule has 0 aliphatic rings. The van der Waals surface area contributed by atoms with Gasteiger partial charge in [-0.25, -0.2) is 4.98 Å². The molecule has 4 heteroatoms. The minimum atomic E-state index is 0.447. The summed E-state index contributed by atoms with van der Waals surface area (Å²) >= 11 is 5.90. The van der Waals surface area contributed by atoms with E-state index in [2.05, 4.69) is 4.98 Å². The third kappa shape index (κ3) is 3.01. The highest BCUT2D eigenvalue weighted by Crippen LogP contribution is 2.22. The summed E-state index contributed by atoms with van der Waals surface area (Å²) in [6, 6.07) is 1.81. The average Bonchev–Trinajstić information content (AvgIpc) is 2.18. The van der Waals surface area contributed by atoms with Gasteiger partial charge in [-0.3, -0.25) is 0 Å². The molecule has 0 radical (unpaired) electrons. The van der Waals surface area contributed by atoms with Crippen molar-refractivity contribution >= 4 is 17.7 Å².